The predicted molar refractivity (Wildman–Crippen MR) is 112 cm³/mol. The topological polar surface area (TPSA) is 91.2 Å². The summed E-state index contributed by atoms with van der Waals surface area (Å²) in [6, 6.07) is 15.6. The van der Waals surface area contributed by atoms with Gasteiger partial charge in [0.25, 0.3) is 5.91 Å². The SMILES string of the molecule is CCCCOC(=O)c1ccccc1NC(=O)/C(C#N)=C\NCc1ccc(Cl)cc1. The Morgan fingerprint density at radius 2 is 1.90 bits per heavy atom. The molecule has 0 bridgehead atoms. The Morgan fingerprint density at radius 3 is 2.59 bits per heavy atom. The summed E-state index contributed by atoms with van der Waals surface area (Å²) in [5.74, 6) is -1.14. The van der Waals surface area contributed by atoms with Gasteiger partial charge in [-0.1, -0.05) is 49.2 Å². The van der Waals surface area contributed by atoms with E-state index in [0.717, 1.165) is 18.4 Å². The molecule has 0 saturated heterocycles. The first kappa shape index (κ1) is 22.0. The number of nitrogens with one attached hydrogen (secondary N) is 2. The van der Waals surface area contributed by atoms with Crippen molar-refractivity contribution in [3.8, 4) is 6.07 Å². The lowest BCUT2D eigenvalue weighted by Gasteiger charge is -2.10. The molecular formula is C22H22ClN3O3. The summed E-state index contributed by atoms with van der Waals surface area (Å²) < 4.78 is 5.21. The molecule has 6 nitrogen and oxygen atoms in total. The van der Waals surface area contributed by atoms with Crippen molar-refractivity contribution in [3.05, 3.63) is 76.5 Å². The van der Waals surface area contributed by atoms with Gasteiger partial charge in [-0.05, 0) is 36.2 Å². The van der Waals surface area contributed by atoms with Crippen LogP contribution in [0.3, 0.4) is 0 Å². The Hall–Kier alpha value is -3.30. The number of nitrogens with zero attached hydrogens (tertiary/aromatic N) is 1. The van der Waals surface area contributed by atoms with Gasteiger partial charge in [-0.3, -0.25) is 4.79 Å². The van der Waals surface area contributed by atoms with Gasteiger partial charge in [-0.25, -0.2) is 4.79 Å². The first-order valence-corrected chi connectivity index (χ1v) is 9.58. The molecule has 29 heavy (non-hydrogen) atoms. The van der Waals surface area contributed by atoms with Crippen LogP contribution in [0.15, 0.2) is 60.3 Å². The summed E-state index contributed by atoms with van der Waals surface area (Å²) in [7, 11) is 0. The largest absolute Gasteiger partial charge is 0.462 e. The van der Waals surface area contributed by atoms with E-state index >= 15 is 0 Å². The highest BCUT2D eigenvalue weighted by atomic mass is 35.5. The number of benzene rings is 2. The van der Waals surface area contributed by atoms with Gasteiger partial charge >= 0.3 is 5.97 Å². The van der Waals surface area contributed by atoms with E-state index in [2.05, 4.69) is 10.6 Å². The fraction of sp³-hybridized carbons (Fsp3) is 0.227. The molecule has 0 fully saturated rings. The number of ether oxygens (including phenoxy) is 1. The number of nitriles is 1. The minimum absolute atomic E-state index is 0.117. The van der Waals surface area contributed by atoms with Gasteiger partial charge in [0.05, 0.1) is 17.9 Å². The van der Waals surface area contributed by atoms with Gasteiger partial charge in [-0.2, -0.15) is 5.26 Å². The van der Waals surface area contributed by atoms with E-state index in [9.17, 15) is 14.9 Å². The number of rotatable bonds is 9. The Kier molecular flexibility index (Phi) is 8.74. The monoisotopic (exact) mass is 411 g/mol. The van der Waals surface area contributed by atoms with Crippen molar-refractivity contribution in [3.63, 3.8) is 0 Å². The normalized spacial score (nSPS) is 10.7. The molecule has 2 N–H and O–H groups in total. The summed E-state index contributed by atoms with van der Waals surface area (Å²) in [4.78, 5) is 24.7. The summed E-state index contributed by atoms with van der Waals surface area (Å²) in [5, 5.41) is 15.5. The van der Waals surface area contributed by atoms with E-state index in [1.54, 1.807) is 36.4 Å². The molecule has 2 aromatic carbocycles. The molecule has 0 aliphatic carbocycles. The first-order valence-electron chi connectivity index (χ1n) is 9.20. The molecule has 0 atom stereocenters. The number of carbonyl (C=O) groups is 2. The zero-order valence-electron chi connectivity index (χ0n) is 16.1. The van der Waals surface area contributed by atoms with Gasteiger partial charge in [0.1, 0.15) is 11.6 Å². The van der Waals surface area contributed by atoms with Crippen LogP contribution in [0.5, 0.6) is 0 Å². The summed E-state index contributed by atoms with van der Waals surface area (Å²) in [6.07, 6.45) is 3.01. The van der Waals surface area contributed by atoms with Crippen LogP contribution < -0.4 is 10.6 Å². The number of hydrogen-bond donors (Lipinski definition) is 2. The maximum absolute atomic E-state index is 12.5. The highest BCUT2D eigenvalue weighted by molar-refractivity contribution is 6.30. The number of para-hydroxylation sites is 1. The maximum Gasteiger partial charge on any atom is 0.340 e. The van der Waals surface area contributed by atoms with Gasteiger partial charge in [0.2, 0.25) is 0 Å². The van der Waals surface area contributed by atoms with Crippen LogP contribution >= 0.6 is 11.6 Å². The highest BCUT2D eigenvalue weighted by Gasteiger charge is 2.16. The van der Waals surface area contributed by atoms with Gasteiger partial charge in [0, 0.05) is 17.8 Å². The molecule has 0 aliphatic rings. The van der Waals surface area contributed by atoms with Crippen LogP contribution in [0.25, 0.3) is 0 Å². The summed E-state index contributed by atoms with van der Waals surface area (Å²) >= 11 is 5.85. The van der Waals surface area contributed by atoms with Crippen LogP contribution in [0, 0.1) is 11.3 Å². The number of anilines is 1. The second-order valence-electron chi connectivity index (χ2n) is 6.17. The van der Waals surface area contributed by atoms with Crippen molar-refractivity contribution in [2.75, 3.05) is 11.9 Å². The Labute approximate surface area is 175 Å². The Balaban J connectivity index is 2.02. The number of carbonyl (C=O) groups excluding carboxylic acids is 2. The fourth-order valence-electron chi connectivity index (χ4n) is 2.37. The summed E-state index contributed by atoms with van der Waals surface area (Å²) in [6.45, 7) is 2.74. The lowest BCUT2D eigenvalue weighted by Crippen LogP contribution is -2.19. The van der Waals surface area contributed by atoms with Gasteiger partial charge in [-0.15, -0.1) is 0 Å². The minimum Gasteiger partial charge on any atom is -0.462 e. The molecule has 0 radical (unpaired) electrons. The first-order chi connectivity index (χ1) is 14.0. The van der Waals surface area contributed by atoms with E-state index in [0.29, 0.717) is 18.2 Å². The van der Waals surface area contributed by atoms with Crippen LogP contribution in [0.1, 0.15) is 35.7 Å². The van der Waals surface area contributed by atoms with E-state index in [4.69, 9.17) is 16.3 Å². The molecule has 2 aromatic rings. The minimum atomic E-state index is -0.620. The molecule has 0 unspecified atom stereocenters. The van der Waals surface area contributed by atoms with Gasteiger partial charge < -0.3 is 15.4 Å². The van der Waals surface area contributed by atoms with Gasteiger partial charge in [0.15, 0.2) is 0 Å². The quantitative estimate of drug-likeness (QED) is 0.275. The lowest BCUT2D eigenvalue weighted by atomic mass is 10.1. The van der Waals surface area contributed by atoms with E-state index in [1.807, 2.05) is 25.1 Å². The molecule has 0 heterocycles. The zero-order valence-corrected chi connectivity index (χ0v) is 16.8. The summed E-state index contributed by atoms with van der Waals surface area (Å²) in [5.41, 5.74) is 1.36. The molecule has 0 spiro atoms. The molecule has 0 aliphatic heterocycles. The third-order valence-corrected chi connectivity index (χ3v) is 4.21. The molecule has 0 saturated carbocycles. The van der Waals surface area contributed by atoms with Crippen molar-refractivity contribution < 1.29 is 14.3 Å². The Morgan fingerprint density at radius 1 is 1.17 bits per heavy atom. The Bertz CT molecular complexity index is 918. The smallest absolute Gasteiger partial charge is 0.340 e. The van der Waals surface area contributed by atoms with Crippen molar-refractivity contribution >= 4 is 29.2 Å². The molecular weight excluding hydrogens is 390 g/mol. The average molecular weight is 412 g/mol. The number of hydrogen-bond acceptors (Lipinski definition) is 5. The van der Waals surface area contributed by atoms with E-state index < -0.39 is 11.9 Å². The number of amides is 1. The second-order valence-corrected chi connectivity index (χ2v) is 6.60. The molecule has 0 aromatic heterocycles. The average Bonchev–Trinajstić information content (AvgIpc) is 2.73. The van der Waals surface area contributed by atoms with E-state index in [-0.39, 0.29) is 16.8 Å². The second kappa shape index (κ2) is 11.5. The third kappa shape index (κ3) is 6.98. The van der Waals surface area contributed by atoms with Crippen molar-refractivity contribution in [1.29, 1.82) is 5.26 Å². The van der Waals surface area contributed by atoms with Crippen molar-refractivity contribution in [1.82, 2.24) is 5.32 Å². The molecule has 7 heteroatoms. The number of esters is 1. The number of unbranched alkanes of at least 4 members (excludes halogenated alkanes) is 1. The lowest BCUT2D eigenvalue weighted by molar-refractivity contribution is -0.112. The maximum atomic E-state index is 12.5. The molecule has 1 amide bonds. The zero-order chi connectivity index (χ0) is 21.1. The van der Waals surface area contributed by atoms with E-state index in [1.165, 1.54) is 6.20 Å². The molecule has 150 valence electrons. The van der Waals surface area contributed by atoms with Crippen LogP contribution in [-0.2, 0) is 16.1 Å². The van der Waals surface area contributed by atoms with Crippen LogP contribution in [-0.4, -0.2) is 18.5 Å². The predicted octanol–water partition coefficient (Wildman–Crippen LogP) is 4.43. The molecule has 2 rings (SSSR count). The number of halogens is 1. The highest BCUT2D eigenvalue weighted by Crippen LogP contribution is 2.17. The fourth-order valence-corrected chi connectivity index (χ4v) is 2.49. The third-order valence-electron chi connectivity index (χ3n) is 3.96. The standard InChI is InChI=1S/C22H22ClN3O3/c1-2-3-12-29-22(28)19-6-4-5-7-20(19)26-21(27)17(13-24)15-25-14-16-8-10-18(23)11-9-16/h4-11,15,25H,2-3,12,14H2,1H3,(H,26,27)/b17-15-. The van der Waals surface area contributed by atoms with Crippen molar-refractivity contribution in [2.24, 2.45) is 0 Å². The van der Waals surface area contributed by atoms with Crippen molar-refractivity contribution in [2.45, 2.75) is 26.3 Å². The van der Waals surface area contributed by atoms with Crippen LogP contribution in [0.4, 0.5) is 5.69 Å². The van der Waals surface area contributed by atoms with Crippen LogP contribution in [0.2, 0.25) is 5.02 Å².